The van der Waals surface area contributed by atoms with Gasteiger partial charge in [-0.15, -0.1) is 10.2 Å². The molecule has 5 aromatic rings. The monoisotopic (exact) mass is 407 g/mol. The van der Waals surface area contributed by atoms with E-state index in [0.717, 1.165) is 45.7 Å². The van der Waals surface area contributed by atoms with Crippen molar-refractivity contribution in [2.24, 2.45) is 0 Å². The summed E-state index contributed by atoms with van der Waals surface area (Å²) in [6.07, 6.45) is 0.800. The third-order valence-electron chi connectivity index (χ3n) is 5.20. The summed E-state index contributed by atoms with van der Waals surface area (Å²) >= 11 is 0. The number of nitrogens with zero attached hydrogens (tertiary/aromatic N) is 5. The molecule has 0 saturated carbocycles. The first-order valence-corrected chi connectivity index (χ1v) is 10.2. The first kappa shape index (κ1) is 18.9. The molecule has 3 aromatic carbocycles. The fraction of sp³-hybridized carbons (Fsp3) is 0.125. The van der Waals surface area contributed by atoms with Gasteiger partial charge in [-0.05, 0) is 34.0 Å². The van der Waals surface area contributed by atoms with Crippen LogP contribution in [0.2, 0.25) is 0 Å². The quantitative estimate of drug-likeness (QED) is 0.426. The van der Waals surface area contributed by atoms with Crippen LogP contribution in [0.25, 0.3) is 33.4 Å². The van der Waals surface area contributed by atoms with Gasteiger partial charge in [-0.3, -0.25) is 0 Å². The van der Waals surface area contributed by atoms with Crippen LogP contribution in [0, 0.1) is 0 Å². The molecule has 0 spiro atoms. The van der Waals surface area contributed by atoms with Crippen molar-refractivity contribution in [1.82, 2.24) is 30.6 Å². The second-order valence-corrected chi connectivity index (χ2v) is 7.19. The number of nitrogens with one attached hydrogen (secondary N) is 2. The molecule has 2 aromatic heterocycles. The number of hydrogen-bond donors (Lipinski definition) is 2. The second kappa shape index (κ2) is 8.31. The molecule has 0 bridgehead atoms. The van der Waals surface area contributed by atoms with Crippen LogP contribution in [0.5, 0.6) is 0 Å². The van der Waals surface area contributed by atoms with Crippen molar-refractivity contribution in [2.75, 3.05) is 5.32 Å². The minimum Gasteiger partial charge on any atom is -0.365 e. The van der Waals surface area contributed by atoms with Gasteiger partial charge < -0.3 is 5.32 Å². The molecule has 2 N–H and O–H groups in total. The molecular weight excluding hydrogens is 386 g/mol. The second-order valence-electron chi connectivity index (χ2n) is 7.19. The molecule has 0 fully saturated rings. The first-order chi connectivity index (χ1) is 15.3. The largest absolute Gasteiger partial charge is 0.365 e. The lowest BCUT2D eigenvalue weighted by Crippen LogP contribution is -2.05. The van der Waals surface area contributed by atoms with E-state index in [1.807, 2.05) is 36.4 Å². The van der Waals surface area contributed by atoms with E-state index in [9.17, 15) is 0 Å². The lowest BCUT2D eigenvalue weighted by atomic mass is 9.98. The highest BCUT2D eigenvalue weighted by Crippen LogP contribution is 2.30. The van der Waals surface area contributed by atoms with E-state index in [2.05, 4.69) is 74.2 Å². The molecule has 0 amide bonds. The summed E-state index contributed by atoms with van der Waals surface area (Å²) < 4.78 is 0. The molecule has 0 unspecified atom stereocenters. The normalized spacial score (nSPS) is 11.0. The Labute approximate surface area is 179 Å². The van der Waals surface area contributed by atoms with Crippen molar-refractivity contribution in [3.05, 3.63) is 84.2 Å². The van der Waals surface area contributed by atoms with Gasteiger partial charge >= 0.3 is 0 Å². The van der Waals surface area contributed by atoms with Crippen LogP contribution in [-0.4, -0.2) is 30.6 Å². The number of para-hydroxylation sites is 1. The topological polar surface area (TPSA) is 92.3 Å². The molecule has 0 saturated heterocycles. The van der Waals surface area contributed by atoms with Crippen molar-refractivity contribution in [3.63, 3.8) is 0 Å². The van der Waals surface area contributed by atoms with E-state index >= 15 is 0 Å². The van der Waals surface area contributed by atoms with Crippen LogP contribution in [0.1, 0.15) is 18.3 Å². The van der Waals surface area contributed by atoms with Crippen LogP contribution in [-0.2, 0) is 13.0 Å². The van der Waals surface area contributed by atoms with E-state index in [1.54, 1.807) is 0 Å². The summed E-state index contributed by atoms with van der Waals surface area (Å²) in [5, 5.41) is 19.0. The fourth-order valence-electron chi connectivity index (χ4n) is 3.61. The smallest absolute Gasteiger partial charge is 0.205 e. The van der Waals surface area contributed by atoms with Gasteiger partial charge in [0.15, 0.2) is 0 Å². The average Bonchev–Trinajstić information content (AvgIpc) is 3.37. The molecule has 0 atom stereocenters. The van der Waals surface area contributed by atoms with Gasteiger partial charge in [0.25, 0.3) is 0 Å². The SMILES string of the molecule is CCc1nc(NCc2ccc(-c3ccccc3-c3nn[nH]n3)cc2)c2ccccc2n1. The standard InChI is InChI=1S/C24H21N7/c1-2-22-26-21-10-6-5-9-20(21)23(27-22)25-15-16-11-13-17(14-12-16)18-7-3-4-8-19(18)24-28-30-31-29-24/h3-14H,2,15H2,1H3,(H,25,26,27)(H,28,29,30,31). The Bertz CT molecular complexity index is 1310. The Morgan fingerprint density at radius 1 is 0.839 bits per heavy atom. The Balaban J connectivity index is 1.39. The maximum Gasteiger partial charge on any atom is 0.205 e. The van der Waals surface area contributed by atoms with Crippen molar-refractivity contribution in [3.8, 4) is 22.5 Å². The lowest BCUT2D eigenvalue weighted by molar-refractivity contribution is 0.881. The molecule has 152 valence electrons. The zero-order chi connectivity index (χ0) is 21.0. The zero-order valence-electron chi connectivity index (χ0n) is 17.1. The molecule has 2 heterocycles. The van der Waals surface area contributed by atoms with Crippen molar-refractivity contribution < 1.29 is 0 Å². The molecule has 31 heavy (non-hydrogen) atoms. The van der Waals surface area contributed by atoms with E-state index in [1.165, 1.54) is 5.56 Å². The molecular formula is C24H21N7. The van der Waals surface area contributed by atoms with Crippen LogP contribution in [0.4, 0.5) is 5.82 Å². The number of rotatable bonds is 6. The van der Waals surface area contributed by atoms with Gasteiger partial charge in [-0.1, -0.05) is 67.6 Å². The molecule has 5 rings (SSSR count). The number of tetrazole rings is 1. The van der Waals surface area contributed by atoms with E-state index < -0.39 is 0 Å². The minimum absolute atomic E-state index is 0.587. The molecule has 0 aliphatic rings. The lowest BCUT2D eigenvalue weighted by Gasteiger charge is -2.11. The van der Waals surface area contributed by atoms with Crippen molar-refractivity contribution in [2.45, 2.75) is 19.9 Å². The summed E-state index contributed by atoms with van der Waals surface area (Å²) in [6.45, 7) is 2.75. The minimum atomic E-state index is 0.587. The van der Waals surface area contributed by atoms with Crippen molar-refractivity contribution >= 4 is 16.7 Å². The van der Waals surface area contributed by atoms with Gasteiger partial charge in [0.2, 0.25) is 5.82 Å². The molecule has 0 aliphatic heterocycles. The summed E-state index contributed by atoms with van der Waals surface area (Å²) in [7, 11) is 0. The van der Waals surface area contributed by atoms with Gasteiger partial charge in [0, 0.05) is 23.9 Å². The molecule has 7 nitrogen and oxygen atoms in total. The van der Waals surface area contributed by atoms with Gasteiger partial charge in [0.1, 0.15) is 11.6 Å². The molecule has 0 aliphatic carbocycles. The highest BCUT2D eigenvalue weighted by atomic mass is 15.5. The van der Waals surface area contributed by atoms with Gasteiger partial charge in [-0.2, -0.15) is 5.21 Å². The number of H-pyrrole nitrogens is 1. The summed E-state index contributed by atoms with van der Waals surface area (Å²) in [5.74, 6) is 2.30. The Morgan fingerprint density at radius 2 is 1.61 bits per heavy atom. The summed E-state index contributed by atoms with van der Waals surface area (Å²) in [5.41, 5.74) is 5.25. The number of hydrogen-bond acceptors (Lipinski definition) is 6. The molecule has 0 radical (unpaired) electrons. The van der Waals surface area contributed by atoms with Crippen LogP contribution in [0.15, 0.2) is 72.8 Å². The zero-order valence-corrected chi connectivity index (χ0v) is 17.1. The Kier molecular flexibility index (Phi) is 5.06. The predicted molar refractivity (Wildman–Crippen MR) is 121 cm³/mol. The van der Waals surface area contributed by atoms with E-state index in [0.29, 0.717) is 12.4 Å². The number of aromatic nitrogens is 6. The Morgan fingerprint density at radius 3 is 2.39 bits per heavy atom. The summed E-state index contributed by atoms with van der Waals surface area (Å²) in [4.78, 5) is 9.31. The number of benzene rings is 3. The highest BCUT2D eigenvalue weighted by Gasteiger charge is 2.11. The fourth-order valence-corrected chi connectivity index (χ4v) is 3.61. The van der Waals surface area contributed by atoms with Gasteiger partial charge in [-0.25, -0.2) is 9.97 Å². The third kappa shape index (κ3) is 3.85. The van der Waals surface area contributed by atoms with Crippen molar-refractivity contribution in [1.29, 1.82) is 0 Å². The number of aromatic amines is 1. The third-order valence-corrected chi connectivity index (χ3v) is 5.20. The Hall–Kier alpha value is -4.13. The van der Waals surface area contributed by atoms with Crippen LogP contribution in [0.3, 0.4) is 0 Å². The van der Waals surface area contributed by atoms with E-state index in [-0.39, 0.29) is 0 Å². The molecule has 7 heteroatoms. The van der Waals surface area contributed by atoms with Gasteiger partial charge in [0.05, 0.1) is 5.52 Å². The van der Waals surface area contributed by atoms with Crippen LogP contribution >= 0.6 is 0 Å². The summed E-state index contributed by atoms with van der Waals surface area (Å²) in [6, 6.07) is 24.6. The first-order valence-electron chi connectivity index (χ1n) is 10.2. The number of fused-ring (bicyclic) bond motifs is 1. The predicted octanol–water partition coefficient (Wildman–Crippen LogP) is 4.65. The number of aryl methyl sites for hydroxylation is 1. The highest BCUT2D eigenvalue weighted by molar-refractivity contribution is 5.89. The van der Waals surface area contributed by atoms with Crippen LogP contribution < -0.4 is 5.32 Å². The maximum absolute atomic E-state index is 4.69. The van der Waals surface area contributed by atoms with E-state index in [4.69, 9.17) is 4.98 Å². The average molecular weight is 407 g/mol. The number of anilines is 1. The maximum atomic E-state index is 4.69.